The van der Waals surface area contributed by atoms with Gasteiger partial charge in [-0.05, 0) is 25.0 Å². The van der Waals surface area contributed by atoms with Gasteiger partial charge in [0.05, 0.1) is 13.0 Å². The van der Waals surface area contributed by atoms with E-state index in [0.29, 0.717) is 12.3 Å². The van der Waals surface area contributed by atoms with Gasteiger partial charge in [0.2, 0.25) is 5.91 Å². The third-order valence-electron chi connectivity index (χ3n) is 3.24. The number of benzene rings is 1. The van der Waals surface area contributed by atoms with E-state index in [2.05, 4.69) is 21.2 Å². The van der Waals surface area contributed by atoms with Crippen LogP contribution in [0.1, 0.15) is 25.8 Å². The molecule has 1 aromatic carbocycles. The fourth-order valence-corrected chi connectivity index (χ4v) is 1.96. The Morgan fingerprint density at radius 1 is 1.16 bits per heavy atom. The molecular weight excluding hydrogens is 324 g/mol. The predicted molar refractivity (Wildman–Crippen MR) is 95.2 cm³/mol. The molecule has 0 saturated heterocycles. The zero-order valence-electron chi connectivity index (χ0n) is 14.7. The number of ether oxygens (including phenoxy) is 1. The normalized spacial score (nSPS) is 10.9. The molecule has 0 aromatic heterocycles. The highest BCUT2D eigenvalue weighted by Crippen LogP contribution is 2.15. The largest absolute Gasteiger partial charge is 0.383 e. The quantitative estimate of drug-likeness (QED) is 0.280. The lowest BCUT2D eigenvalue weighted by Crippen LogP contribution is -2.39. The van der Waals surface area contributed by atoms with Gasteiger partial charge in [-0.25, -0.2) is 5.43 Å². The van der Waals surface area contributed by atoms with Crippen LogP contribution >= 0.6 is 0 Å². The van der Waals surface area contributed by atoms with Crippen molar-refractivity contribution in [3.8, 4) is 0 Å². The van der Waals surface area contributed by atoms with Crippen molar-refractivity contribution in [2.45, 2.75) is 26.7 Å². The Labute approximate surface area is 147 Å². The summed E-state index contributed by atoms with van der Waals surface area (Å²) in [6.07, 6.45) is 0.807. The van der Waals surface area contributed by atoms with Crippen LogP contribution in [-0.4, -0.2) is 43.7 Å². The lowest BCUT2D eigenvalue weighted by Gasteiger charge is -2.09. The maximum absolute atomic E-state index is 12.0. The van der Waals surface area contributed by atoms with Crippen LogP contribution in [0.25, 0.3) is 0 Å². The van der Waals surface area contributed by atoms with E-state index in [1.54, 1.807) is 6.92 Å². The van der Waals surface area contributed by atoms with E-state index >= 15 is 0 Å². The molecule has 0 saturated carbocycles. The highest BCUT2D eigenvalue weighted by molar-refractivity contribution is 6.35. The van der Waals surface area contributed by atoms with Gasteiger partial charge in [0.25, 0.3) is 0 Å². The van der Waals surface area contributed by atoms with E-state index < -0.39 is 11.8 Å². The number of hydrazone groups is 1. The monoisotopic (exact) mass is 348 g/mol. The van der Waals surface area contributed by atoms with E-state index in [1.807, 2.05) is 31.2 Å². The number of hydrogen-bond donors (Lipinski definition) is 3. The topological polar surface area (TPSA) is 109 Å². The standard InChI is InChI=1S/C17H24N4O4/c1-4-13-7-5-6-8-14(13)19-15(22)11-12(2)20-21-17(24)16(23)18-9-10-25-3/h5-8H,4,9-11H2,1-3H3,(H,18,23)(H,19,22)(H,21,24)/b20-12-. The third kappa shape index (κ3) is 7.58. The number of aryl methyl sites for hydroxylation is 1. The molecule has 25 heavy (non-hydrogen) atoms. The highest BCUT2D eigenvalue weighted by Gasteiger charge is 2.12. The van der Waals surface area contributed by atoms with Crippen LogP contribution in [0, 0.1) is 0 Å². The maximum atomic E-state index is 12.0. The molecule has 8 nitrogen and oxygen atoms in total. The minimum Gasteiger partial charge on any atom is -0.383 e. The average Bonchev–Trinajstić information content (AvgIpc) is 2.60. The van der Waals surface area contributed by atoms with Gasteiger partial charge >= 0.3 is 11.8 Å². The lowest BCUT2D eigenvalue weighted by molar-refractivity contribution is -0.139. The molecule has 136 valence electrons. The average molecular weight is 348 g/mol. The summed E-state index contributed by atoms with van der Waals surface area (Å²) in [6, 6.07) is 7.53. The second-order valence-corrected chi connectivity index (χ2v) is 5.27. The number of carbonyl (C=O) groups excluding carboxylic acids is 3. The number of amides is 3. The second-order valence-electron chi connectivity index (χ2n) is 5.27. The number of anilines is 1. The predicted octanol–water partition coefficient (Wildman–Crippen LogP) is 0.832. The Bertz CT molecular complexity index is 643. The molecule has 0 atom stereocenters. The molecule has 3 amide bonds. The zero-order chi connectivity index (χ0) is 18.7. The van der Waals surface area contributed by atoms with Gasteiger partial charge in [-0.1, -0.05) is 25.1 Å². The van der Waals surface area contributed by atoms with E-state index in [1.165, 1.54) is 7.11 Å². The van der Waals surface area contributed by atoms with Crippen LogP contribution in [0.3, 0.4) is 0 Å². The van der Waals surface area contributed by atoms with Crippen LogP contribution in [0.5, 0.6) is 0 Å². The molecule has 0 aliphatic carbocycles. The Balaban J connectivity index is 2.47. The van der Waals surface area contributed by atoms with Crippen LogP contribution < -0.4 is 16.1 Å². The second kappa shape index (κ2) is 10.9. The molecule has 0 heterocycles. The molecule has 0 spiro atoms. The van der Waals surface area contributed by atoms with E-state index in [9.17, 15) is 14.4 Å². The summed E-state index contributed by atoms with van der Waals surface area (Å²) in [5.41, 5.74) is 4.28. The molecule has 0 unspecified atom stereocenters. The summed E-state index contributed by atoms with van der Waals surface area (Å²) in [4.78, 5) is 35.0. The van der Waals surface area contributed by atoms with Crippen molar-refractivity contribution >= 4 is 29.1 Å². The first kappa shape index (κ1) is 20.3. The summed E-state index contributed by atoms with van der Waals surface area (Å²) in [6.45, 7) is 4.13. The molecule has 0 aliphatic heterocycles. The number of rotatable bonds is 8. The lowest BCUT2D eigenvalue weighted by atomic mass is 10.1. The van der Waals surface area contributed by atoms with Gasteiger partial charge in [-0.15, -0.1) is 0 Å². The number of nitrogens with zero attached hydrogens (tertiary/aromatic N) is 1. The minimum atomic E-state index is -0.896. The fraction of sp³-hybridized carbons (Fsp3) is 0.412. The number of methoxy groups -OCH3 is 1. The number of hydrogen-bond acceptors (Lipinski definition) is 5. The van der Waals surface area contributed by atoms with Crippen molar-refractivity contribution in [1.82, 2.24) is 10.7 Å². The molecule has 3 N–H and O–H groups in total. The Morgan fingerprint density at radius 2 is 1.88 bits per heavy atom. The fourth-order valence-electron chi connectivity index (χ4n) is 1.96. The Kier molecular flexibility index (Phi) is 8.87. The summed E-state index contributed by atoms with van der Waals surface area (Å²) in [7, 11) is 1.49. The van der Waals surface area contributed by atoms with E-state index in [4.69, 9.17) is 4.74 Å². The first-order valence-electron chi connectivity index (χ1n) is 7.96. The summed E-state index contributed by atoms with van der Waals surface area (Å²) < 4.78 is 4.76. The molecule has 1 aromatic rings. The molecule has 1 rings (SSSR count). The van der Waals surface area contributed by atoms with Gasteiger partial charge < -0.3 is 15.4 Å². The van der Waals surface area contributed by atoms with Gasteiger partial charge in [-0.2, -0.15) is 5.10 Å². The number of para-hydroxylation sites is 1. The minimum absolute atomic E-state index is 0.00359. The molecule has 0 fully saturated rings. The molecule has 0 aliphatic rings. The van der Waals surface area contributed by atoms with Crippen molar-refractivity contribution in [2.75, 3.05) is 25.6 Å². The zero-order valence-corrected chi connectivity index (χ0v) is 14.7. The molecule has 0 bridgehead atoms. The summed E-state index contributed by atoms with van der Waals surface area (Å²) in [5.74, 6) is -1.96. The smallest absolute Gasteiger partial charge is 0.329 e. The first-order valence-corrected chi connectivity index (χ1v) is 7.96. The van der Waals surface area contributed by atoms with Crippen molar-refractivity contribution < 1.29 is 19.1 Å². The van der Waals surface area contributed by atoms with Crippen LogP contribution in [-0.2, 0) is 25.5 Å². The third-order valence-corrected chi connectivity index (χ3v) is 3.24. The first-order chi connectivity index (χ1) is 12.0. The van der Waals surface area contributed by atoms with Crippen molar-refractivity contribution in [3.05, 3.63) is 29.8 Å². The van der Waals surface area contributed by atoms with Gasteiger partial charge in [0.15, 0.2) is 0 Å². The summed E-state index contributed by atoms with van der Waals surface area (Å²) in [5, 5.41) is 8.94. The molecule has 8 heteroatoms. The Morgan fingerprint density at radius 3 is 2.56 bits per heavy atom. The van der Waals surface area contributed by atoms with Crippen LogP contribution in [0.2, 0.25) is 0 Å². The van der Waals surface area contributed by atoms with Crippen molar-refractivity contribution in [3.63, 3.8) is 0 Å². The van der Waals surface area contributed by atoms with E-state index in [-0.39, 0.29) is 18.9 Å². The van der Waals surface area contributed by atoms with Crippen LogP contribution in [0.4, 0.5) is 5.69 Å². The van der Waals surface area contributed by atoms with E-state index in [0.717, 1.165) is 17.7 Å². The Hall–Kier alpha value is -2.74. The maximum Gasteiger partial charge on any atom is 0.329 e. The molecule has 0 radical (unpaired) electrons. The number of nitrogens with one attached hydrogen (secondary N) is 3. The van der Waals surface area contributed by atoms with Crippen molar-refractivity contribution in [1.29, 1.82) is 0 Å². The van der Waals surface area contributed by atoms with Gasteiger partial charge in [0, 0.05) is 25.1 Å². The van der Waals surface area contributed by atoms with Gasteiger partial charge in [-0.3, -0.25) is 14.4 Å². The highest BCUT2D eigenvalue weighted by atomic mass is 16.5. The van der Waals surface area contributed by atoms with Gasteiger partial charge in [0.1, 0.15) is 0 Å². The summed E-state index contributed by atoms with van der Waals surface area (Å²) >= 11 is 0. The number of carbonyl (C=O) groups is 3. The molecular formula is C17H24N4O4. The SMILES string of the molecule is CCc1ccccc1NC(=O)C/C(C)=N\NC(=O)C(=O)NCCOC. The van der Waals surface area contributed by atoms with Crippen LogP contribution in [0.15, 0.2) is 29.4 Å². The van der Waals surface area contributed by atoms with Crippen molar-refractivity contribution in [2.24, 2.45) is 5.10 Å².